The van der Waals surface area contributed by atoms with Crippen LogP contribution in [0.15, 0.2) is 47.5 Å². The molecular formula is C20H20Cl2N6O2. The molecule has 0 aliphatic carbocycles. The second-order valence-electron chi connectivity index (χ2n) is 6.26. The number of hydrogen-bond acceptors (Lipinski definition) is 7. The zero-order chi connectivity index (χ0) is 21.3. The molecule has 0 fully saturated rings. The molecule has 3 aromatic rings. The Morgan fingerprint density at radius 2 is 2.03 bits per heavy atom. The Labute approximate surface area is 183 Å². The Morgan fingerprint density at radius 1 is 1.17 bits per heavy atom. The van der Waals surface area contributed by atoms with Gasteiger partial charge in [0.2, 0.25) is 5.95 Å². The predicted octanol–water partition coefficient (Wildman–Crippen LogP) is 3.71. The molecule has 156 valence electrons. The minimum Gasteiger partial charge on any atom is -0.376 e. The number of H-pyrrole nitrogens is 1. The second kappa shape index (κ2) is 10.7. The first-order valence-electron chi connectivity index (χ1n) is 9.10. The Kier molecular flexibility index (Phi) is 7.78. The van der Waals surface area contributed by atoms with Gasteiger partial charge in [0.15, 0.2) is 0 Å². The molecule has 0 radical (unpaired) electrons. The molecule has 1 aromatic carbocycles. The van der Waals surface area contributed by atoms with Crippen molar-refractivity contribution in [1.82, 2.24) is 15.0 Å². The lowest BCUT2D eigenvalue weighted by atomic mass is 10.2. The minimum absolute atomic E-state index is 0.218. The van der Waals surface area contributed by atoms with Crippen molar-refractivity contribution in [2.24, 2.45) is 0 Å². The number of halogens is 2. The number of rotatable bonds is 10. The molecule has 0 bridgehead atoms. The highest BCUT2D eigenvalue weighted by Gasteiger charge is 2.10. The lowest BCUT2D eigenvalue weighted by molar-refractivity contribution is 0.130. The highest BCUT2D eigenvalue weighted by Crippen LogP contribution is 2.22. The molecule has 0 unspecified atom stereocenters. The lowest BCUT2D eigenvalue weighted by Gasteiger charge is -2.11. The van der Waals surface area contributed by atoms with Crippen LogP contribution in [0.3, 0.4) is 0 Å². The Bertz CT molecular complexity index is 1060. The maximum absolute atomic E-state index is 12.4. The molecular weight excluding hydrogens is 427 g/mol. The van der Waals surface area contributed by atoms with Gasteiger partial charge >= 0.3 is 0 Å². The molecule has 10 heteroatoms. The van der Waals surface area contributed by atoms with E-state index in [1.807, 2.05) is 18.2 Å². The van der Waals surface area contributed by atoms with Gasteiger partial charge in [0.05, 0.1) is 23.3 Å². The third-order valence-electron chi connectivity index (χ3n) is 4.07. The zero-order valence-corrected chi connectivity index (χ0v) is 17.4. The van der Waals surface area contributed by atoms with Gasteiger partial charge in [-0.3, -0.25) is 14.8 Å². The average Bonchev–Trinajstić information content (AvgIpc) is 2.76. The third kappa shape index (κ3) is 6.03. The molecule has 0 saturated heterocycles. The van der Waals surface area contributed by atoms with E-state index in [9.17, 15) is 4.79 Å². The van der Waals surface area contributed by atoms with Gasteiger partial charge in [-0.1, -0.05) is 35.3 Å². The zero-order valence-electron chi connectivity index (χ0n) is 15.9. The maximum Gasteiger partial charge on any atom is 0.276 e. The summed E-state index contributed by atoms with van der Waals surface area (Å²) in [5, 5.41) is 14.5. The van der Waals surface area contributed by atoms with E-state index in [1.54, 1.807) is 24.5 Å². The first-order valence-corrected chi connectivity index (χ1v) is 9.85. The van der Waals surface area contributed by atoms with Crippen LogP contribution in [0.2, 0.25) is 10.0 Å². The summed E-state index contributed by atoms with van der Waals surface area (Å²) >= 11 is 11.9. The summed E-state index contributed by atoms with van der Waals surface area (Å²) in [6.07, 6.45) is 4.46. The first-order chi connectivity index (χ1) is 14.6. The molecule has 4 N–H and O–H groups in total. The summed E-state index contributed by atoms with van der Waals surface area (Å²) in [5.74, 6) is 0.253. The average molecular weight is 447 g/mol. The summed E-state index contributed by atoms with van der Waals surface area (Å²) in [5.41, 5.74) is 1.90. The van der Waals surface area contributed by atoms with Crippen LogP contribution in [-0.2, 0) is 17.9 Å². The van der Waals surface area contributed by atoms with E-state index < -0.39 is 0 Å². The van der Waals surface area contributed by atoms with Crippen molar-refractivity contribution >= 4 is 41.1 Å². The van der Waals surface area contributed by atoms with E-state index >= 15 is 0 Å². The fourth-order valence-corrected chi connectivity index (χ4v) is 2.93. The number of ether oxygens (including phenoxy) is 1. The minimum atomic E-state index is -0.382. The van der Waals surface area contributed by atoms with Crippen LogP contribution in [0.5, 0.6) is 0 Å². The Hall–Kier alpha value is -2.94. The third-order valence-corrected chi connectivity index (χ3v) is 4.81. The highest BCUT2D eigenvalue weighted by molar-refractivity contribution is 6.42. The molecule has 0 aliphatic heterocycles. The number of pyridine rings is 1. The van der Waals surface area contributed by atoms with Crippen LogP contribution in [0.4, 0.5) is 11.6 Å². The Balaban J connectivity index is 1.56. The number of hydrogen-bond donors (Lipinski definition) is 4. The number of nitrogens with zero attached hydrogens (tertiary/aromatic N) is 2. The van der Waals surface area contributed by atoms with Crippen LogP contribution in [0.25, 0.3) is 0 Å². The van der Waals surface area contributed by atoms with Crippen LogP contribution >= 0.6 is 23.2 Å². The van der Waals surface area contributed by atoms with Gasteiger partial charge in [-0.2, -0.15) is 0 Å². The molecule has 30 heavy (non-hydrogen) atoms. The van der Waals surface area contributed by atoms with Crippen molar-refractivity contribution in [2.75, 3.05) is 23.8 Å². The number of nitrogens with one attached hydrogen (secondary N) is 4. The molecule has 2 aromatic heterocycles. The molecule has 0 amide bonds. The summed E-state index contributed by atoms with van der Waals surface area (Å²) in [6, 6.07) is 9.01. The van der Waals surface area contributed by atoms with Crippen molar-refractivity contribution < 1.29 is 4.74 Å². The molecule has 0 atom stereocenters. The Morgan fingerprint density at radius 3 is 2.77 bits per heavy atom. The number of aromatic nitrogens is 3. The second-order valence-corrected chi connectivity index (χ2v) is 7.08. The number of anilines is 2. The van der Waals surface area contributed by atoms with Crippen molar-refractivity contribution in [3.05, 3.63) is 79.9 Å². The van der Waals surface area contributed by atoms with Crippen LogP contribution in [-0.4, -0.2) is 34.3 Å². The van der Waals surface area contributed by atoms with Gasteiger partial charge in [-0.25, -0.2) is 4.98 Å². The molecule has 0 saturated carbocycles. The van der Waals surface area contributed by atoms with Gasteiger partial charge in [0.25, 0.3) is 5.56 Å². The van der Waals surface area contributed by atoms with Gasteiger partial charge in [0.1, 0.15) is 11.4 Å². The smallest absolute Gasteiger partial charge is 0.276 e. The first kappa shape index (κ1) is 21.8. The van der Waals surface area contributed by atoms with Crippen molar-refractivity contribution in [2.45, 2.75) is 13.2 Å². The SMILES string of the molecule is N=Cc1nc(NCc2ccc(Cl)c(Cl)c2)[nH]c(=O)c1NCCOCc1cccnc1. The fraction of sp³-hybridized carbons (Fsp3) is 0.200. The van der Waals surface area contributed by atoms with Gasteiger partial charge in [-0.15, -0.1) is 0 Å². The lowest BCUT2D eigenvalue weighted by Crippen LogP contribution is -2.22. The van der Waals surface area contributed by atoms with E-state index in [4.69, 9.17) is 33.3 Å². The summed E-state index contributed by atoms with van der Waals surface area (Å²) < 4.78 is 5.56. The predicted molar refractivity (Wildman–Crippen MR) is 119 cm³/mol. The standard InChI is InChI=1S/C20H20Cl2N6O2/c21-15-4-3-13(8-16(15)22)11-26-20-27-17(9-23)18(19(29)28-20)25-6-7-30-12-14-2-1-5-24-10-14/h1-5,8-10,23,25H,6-7,11-12H2,(H2,26,27,28,29). The number of aromatic amines is 1. The van der Waals surface area contributed by atoms with Crippen LogP contribution < -0.4 is 16.2 Å². The van der Waals surface area contributed by atoms with E-state index in [0.29, 0.717) is 36.3 Å². The van der Waals surface area contributed by atoms with E-state index in [2.05, 4.69) is 25.6 Å². The highest BCUT2D eigenvalue weighted by atomic mass is 35.5. The van der Waals surface area contributed by atoms with E-state index in [-0.39, 0.29) is 22.9 Å². The normalized spacial score (nSPS) is 10.6. The van der Waals surface area contributed by atoms with E-state index in [1.165, 1.54) is 0 Å². The molecule has 3 rings (SSSR count). The quantitative estimate of drug-likeness (QED) is 0.278. The van der Waals surface area contributed by atoms with Gasteiger partial charge < -0.3 is 20.8 Å². The summed E-state index contributed by atoms with van der Waals surface area (Å²) in [4.78, 5) is 23.4. The van der Waals surface area contributed by atoms with Crippen molar-refractivity contribution in [1.29, 1.82) is 5.41 Å². The van der Waals surface area contributed by atoms with E-state index in [0.717, 1.165) is 17.3 Å². The van der Waals surface area contributed by atoms with Crippen LogP contribution in [0, 0.1) is 5.41 Å². The van der Waals surface area contributed by atoms with Crippen molar-refractivity contribution in [3.8, 4) is 0 Å². The maximum atomic E-state index is 12.4. The molecule has 8 nitrogen and oxygen atoms in total. The summed E-state index contributed by atoms with van der Waals surface area (Å²) in [7, 11) is 0. The molecule has 0 aliphatic rings. The number of benzene rings is 1. The van der Waals surface area contributed by atoms with Crippen LogP contribution in [0.1, 0.15) is 16.8 Å². The van der Waals surface area contributed by atoms with Gasteiger partial charge in [0, 0.05) is 31.7 Å². The van der Waals surface area contributed by atoms with Crippen molar-refractivity contribution in [3.63, 3.8) is 0 Å². The molecule has 2 heterocycles. The topological polar surface area (TPSA) is 116 Å². The monoisotopic (exact) mass is 446 g/mol. The molecule has 0 spiro atoms. The summed E-state index contributed by atoms with van der Waals surface area (Å²) in [6.45, 7) is 1.58. The fourth-order valence-electron chi connectivity index (χ4n) is 2.61. The largest absolute Gasteiger partial charge is 0.376 e. The van der Waals surface area contributed by atoms with Gasteiger partial charge in [-0.05, 0) is 29.3 Å².